The Morgan fingerprint density at radius 3 is 2.23 bits per heavy atom. The number of amides is 1. The van der Waals surface area contributed by atoms with E-state index in [0.29, 0.717) is 36.8 Å². The van der Waals surface area contributed by atoms with Crippen LogP contribution in [0.3, 0.4) is 0 Å². The van der Waals surface area contributed by atoms with Crippen LogP contribution in [0, 0.1) is 5.82 Å². The van der Waals surface area contributed by atoms with Crippen molar-refractivity contribution in [2.75, 3.05) is 51.0 Å². The minimum absolute atomic E-state index is 0.0890. The van der Waals surface area contributed by atoms with E-state index in [1.807, 2.05) is 78.9 Å². The van der Waals surface area contributed by atoms with E-state index in [-0.39, 0.29) is 31.3 Å². The highest BCUT2D eigenvalue weighted by Gasteiger charge is 2.29. The van der Waals surface area contributed by atoms with Gasteiger partial charge in [-0.25, -0.2) is 4.39 Å². The maximum absolute atomic E-state index is 14.7. The second-order valence-corrected chi connectivity index (χ2v) is 13.0. The van der Waals surface area contributed by atoms with Crippen LogP contribution in [-0.4, -0.2) is 69.0 Å². The fraction of sp³-hybridized carbons (Fsp3) is 0.256. The highest BCUT2D eigenvalue weighted by molar-refractivity contribution is 5.98. The van der Waals surface area contributed by atoms with Crippen LogP contribution in [0.2, 0.25) is 0 Å². The van der Waals surface area contributed by atoms with Gasteiger partial charge in [0.15, 0.2) is 0 Å². The van der Waals surface area contributed by atoms with E-state index in [2.05, 4.69) is 34.2 Å². The first kappa shape index (κ1) is 34.9. The van der Waals surface area contributed by atoms with Gasteiger partial charge in [-0.05, 0) is 57.6 Å². The summed E-state index contributed by atoms with van der Waals surface area (Å²) in [7, 11) is 0. The average molecular weight is 699 g/mol. The van der Waals surface area contributed by atoms with E-state index >= 15 is 0 Å². The van der Waals surface area contributed by atoms with Crippen LogP contribution in [0.1, 0.15) is 28.2 Å². The Balaban J connectivity index is 1.15. The lowest BCUT2D eigenvalue weighted by Crippen LogP contribution is -2.41. The highest BCUT2D eigenvalue weighted by Crippen LogP contribution is 2.44. The quantitative estimate of drug-likeness (QED) is 0.107. The zero-order valence-electron chi connectivity index (χ0n) is 28.9. The van der Waals surface area contributed by atoms with E-state index in [4.69, 9.17) is 14.2 Å². The van der Waals surface area contributed by atoms with Crippen LogP contribution in [0.4, 0.5) is 10.1 Å². The highest BCUT2D eigenvalue weighted by atomic mass is 19.1. The van der Waals surface area contributed by atoms with Crippen LogP contribution in [0.25, 0.3) is 11.1 Å². The molecule has 0 saturated carbocycles. The predicted molar refractivity (Wildman–Crippen MR) is 198 cm³/mol. The third kappa shape index (κ3) is 8.50. The smallest absolute Gasteiger partial charge is 0.252 e. The molecule has 1 fully saturated rings. The number of halogens is 1. The van der Waals surface area contributed by atoms with Crippen molar-refractivity contribution in [2.45, 2.75) is 24.9 Å². The molecule has 1 aliphatic heterocycles. The van der Waals surface area contributed by atoms with Crippen molar-refractivity contribution in [1.29, 1.82) is 0 Å². The maximum atomic E-state index is 14.7. The van der Waals surface area contributed by atoms with E-state index in [9.17, 15) is 14.3 Å². The molecule has 5 aromatic rings. The predicted octanol–water partition coefficient (Wildman–Crippen LogP) is 6.23. The first-order valence-electron chi connectivity index (χ1n) is 17.7. The first-order valence-corrected chi connectivity index (χ1v) is 17.7. The molecule has 1 heterocycles. The van der Waals surface area contributed by atoms with Gasteiger partial charge in [0.25, 0.3) is 5.91 Å². The van der Waals surface area contributed by atoms with Gasteiger partial charge in [0, 0.05) is 50.3 Å². The molecule has 5 aromatic carbocycles. The van der Waals surface area contributed by atoms with Crippen molar-refractivity contribution in [3.63, 3.8) is 0 Å². The summed E-state index contributed by atoms with van der Waals surface area (Å²) in [6, 6.07) is 38.0. The summed E-state index contributed by atoms with van der Waals surface area (Å²) in [5.74, 6) is -0.303. The summed E-state index contributed by atoms with van der Waals surface area (Å²) < 4.78 is 31.3. The number of nitrogens with zero attached hydrogens (tertiary/aromatic N) is 3. The summed E-state index contributed by atoms with van der Waals surface area (Å²) in [5.41, 5.74) is 6.55. The minimum atomic E-state index is -1.09. The van der Waals surface area contributed by atoms with Crippen molar-refractivity contribution in [3.8, 4) is 16.9 Å². The lowest BCUT2D eigenvalue weighted by Gasteiger charge is -2.28. The number of hydrogen-bond donors (Lipinski definition) is 0. The molecule has 0 spiro atoms. The summed E-state index contributed by atoms with van der Waals surface area (Å²) in [6.07, 6.45) is -0.627. The molecule has 0 radical (unpaired) electrons. The number of benzene rings is 5. The molecule has 0 unspecified atom stereocenters. The maximum Gasteiger partial charge on any atom is 0.252 e. The Kier molecular flexibility index (Phi) is 11.2. The van der Waals surface area contributed by atoms with E-state index in [1.165, 1.54) is 12.1 Å². The largest absolute Gasteiger partial charge is 0.599 e. The van der Waals surface area contributed by atoms with Crippen LogP contribution in [0.15, 0.2) is 132 Å². The monoisotopic (exact) mass is 698 g/mol. The third-order valence-electron chi connectivity index (χ3n) is 9.58. The van der Waals surface area contributed by atoms with Crippen molar-refractivity contribution in [1.82, 2.24) is 4.90 Å². The van der Waals surface area contributed by atoms with Gasteiger partial charge in [0.05, 0.1) is 19.8 Å². The average Bonchev–Trinajstić information content (AvgIpc) is 3.51. The Morgan fingerprint density at radius 2 is 1.52 bits per heavy atom. The summed E-state index contributed by atoms with van der Waals surface area (Å²) >= 11 is 0. The van der Waals surface area contributed by atoms with Crippen molar-refractivity contribution >= 4 is 17.7 Å². The second kappa shape index (κ2) is 16.7. The van der Waals surface area contributed by atoms with Crippen LogP contribution in [0.5, 0.6) is 5.75 Å². The molecule has 2 aliphatic rings. The zero-order valence-corrected chi connectivity index (χ0v) is 28.9. The van der Waals surface area contributed by atoms with Gasteiger partial charge in [-0.15, -0.1) is 0 Å². The van der Waals surface area contributed by atoms with Crippen molar-refractivity contribution in [3.05, 3.63) is 155 Å². The number of anilines is 1. The second-order valence-electron chi connectivity index (χ2n) is 13.0. The van der Waals surface area contributed by atoms with Crippen LogP contribution >= 0.6 is 0 Å². The van der Waals surface area contributed by atoms with Crippen molar-refractivity contribution < 1.29 is 28.5 Å². The van der Waals surface area contributed by atoms with Crippen molar-refractivity contribution in [2.24, 2.45) is 4.99 Å². The Hall–Kier alpha value is -5.51. The number of aliphatic imine (C=N–C) groups is 1. The van der Waals surface area contributed by atoms with Gasteiger partial charge in [-0.2, -0.15) is 0 Å². The molecule has 1 atom stereocenters. The van der Waals surface area contributed by atoms with E-state index < -0.39 is 18.0 Å². The number of fused-ring (bicyclic) bond motifs is 3. The lowest BCUT2D eigenvalue weighted by atomic mass is 9.98. The number of carbonyl (C=O) groups excluding carboxylic acids is 1. The molecule has 0 bridgehead atoms. The SMILES string of the molecule is O=C([C@H](Cc1ccccc1)N=C([O-])OCC1c2ccccc2-c2ccccc21)N(Cc1ccc(F)cc1)c1cccc(OCCN2CCOCC2)c1. The van der Waals surface area contributed by atoms with Gasteiger partial charge in [0.1, 0.15) is 30.3 Å². The first-order chi connectivity index (χ1) is 25.5. The van der Waals surface area contributed by atoms with Gasteiger partial charge in [-0.1, -0.05) is 97.1 Å². The minimum Gasteiger partial charge on any atom is -0.599 e. The molecule has 1 saturated heterocycles. The Bertz CT molecular complexity index is 1940. The lowest BCUT2D eigenvalue weighted by molar-refractivity contribution is -0.251. The van der Waals surface area contributed by atoms with Crippen LogP contribution < -0.4 is 14.7 Å². The number of morpholine rings is 1. The third-order valence-corrected chi connectivity index (χ3v) is 9.58. The zero-order chi connectivity index (χ0) is 35.7. The van der Waals surface area contributed by atoms with Crippen LogP contribution in [-0.2, 0) is 27.2 Å². The molecule has 266 valence electrons. The molecule has 52 heavy (non-hydrogen) atoms. The normalized spacial score (nSPS) is 15.1. The number of ether oxygens (including phenoxy) is 3. The van der Waals surface area contributed by atoms with Gasteiger partial charge >= 0.3 is 0 Å². The fourth-order valence-corrected chi connectivity index (χ4v) is 6.89. The molecule has 8 nitrogen and oxygen atoms in total. The number of hydrogen-bond acceptors (Lipinski definition) is 7. The molecule has 0 N–H and O–H groups in total. The molecule has 1 amide bonds. The number of rotatable bonds is 13. The molecule has 0 aromatic heterocycles. The summed E-state index contributed by atoms with van der Waals surface area (Å²) in [6.45, 7) is 4.59. The summed E-state index contributed by atoms with van der Waals surface area (Å²) in [4.78, 5) is 22.9. The van der Waals surface area contributed by atoms with E-state index in [0.717, 1.165) is 47.5 Å². The topological polar surface area (TPSA) is 86.7 Å². The molecule has 1 aliphatic carbocycles. The fourth-order valence-electron chi connectivity index (χ4n) is 6.89. The van der Waals surface area contributed by atoms with Gasteiger partial charge in [0.2, 0.25) is 0 Å². The Labute approximate surface area is 303 Å². The molecule has 7 rings (SSSR count). The van der Waals surface area contributed by atoms with E-state index in [1.54, 1.807) is 17.0 Å². The standard InChI is InChI=1S/C43H42FN3O5/c44-33-19-17-32(18-20-33)29-47(34-11-8-12-35(28-34)51-26-23-46-21-24-50-25-22-46)42(48)41(27-31-9-2-1-3-10-31)45-43(49)52-30-40-38-15-6-4-13-36(38)37-14-5-7-16-39(37)40/h1-20,28,40-41H,21-27,29-30H2,(H,45,49)/p-1/t41-/m0/s1. The van der Waals surface area contributed by atoms with Gasteiger partial charge in [-0.3, -0.25) is 14.7 Å². The molecular formula is C43H41FN3O5-. The Morgan fingerprint density at radius 1 is 0.846 bits per heavy atom. The van der Waals surface area contributed by atoms with Gasteiger partial charge < -0.3 is 24.2 Å². The summed E-state index contributed by atoms with van der Waals surface area (Å²) in [5, 5.41) is 13.6. The molecule has 9 heteroatoms. The molecular weight excluding hydrogens is 657 g/mol. The number of carbonyl (C=O) groups is 1.